The molecule has 2 N–H and O–H groups in total. The van der Waals surface area contributed by atoms with Crippen molar-refractivity contribution in [3.05, 3.63) is 35.9 Å². The predicted octanol–water partition coefficient (Wildman–Crippen LogP) is 1.81. The summed E-state index contributed by atoms with van der Waals surface area (Å²) in [5, 5.41) is 3.78. The number of nitrogens with one attached hydrogen (secondary N) is 2. The fraction of sp³-hybridized carbons (Fsp3) is 0.556. The van der Waals surface area contributed by atoms with Gasteiger partial charge in [0.1, 0.15) is 12.5 Å². The number of hydrogen-bond acceptors (Lipinski definition) is 7. The van der Waals surface area contributed by atoms with Gasteiger partial charge in [-0.2, -0.15) is 0 Å². The zero-order chi connectivity index (χ0) is 20.3. The van der Waals surface area contributed by atoms with Gasteiger partial charge in [-0.25, -0.2) is 13.2 Å². The maximum absolute atomic E-state index is 12.4. The second-order valence-electron chi connectivity index (χ2n) is 6.34. The van der Waals surface area contributed by atoms with Crippen LogP contribution in [0.5, 0.6) is 0 Å². The van der Waals surface area contributed by atoms with E-state index < -0.39 is 33.0 Å². The number of amides is 1. The Bertz CT molecular complexity index is 691. The number of carbonyl (C=O) groups is 2. The molecule has 1 unspecified atom stereocenters. The first-order chi connectivity index (χ1) is 12.8. The van der Waals surface area contributed by atoms with Crippen molar-refractivity contribution in [1.29, 1.82) is 0 Å². The van der Waals surface area contributed by atoms with Gasteiger partial charge in [-0.1, -0.05) is 44.2 Å². The summed E-state index contributed by atoms with van der Waals surface area (Å²) in [4.78, 5) is 23.6. The van der Waals surface area contributed by atoms with Crippen molar-refractivity contribution in [2.24, 2.45) is 5.92 Å². The van der Waals surface area contributed by atoms with Crippen LogP contribution in [0.4, 0.5) is 4.79 Å². The van der Waals surface area contributed by atoms with Crippen LogP contribution in [0.15, 0.2) is 30.3 Å². The standard InChI is InChI=1S/C18H28N2O6S/c1-4-25-17(21)16(10-14(2)3)27(23,24)13-19-12-20-18(22)26-11-15-8-6-5-7-9-15/h5-9,14,16,19H,4,10-13H2,1-3H3,(H,20,22). The Hall–Kier alpha value is -2.13. The SMILES string of the molecule is CCOC(=O)C(CC(C)C)S(=O)(=O)CNCNC(=O)OCc1ccccc1. The van der Waals surface area contributed by atoms with Gasteiger partial charge in [0.05, 0.1) is 13.3 Å². The topological polar surface area (TPSA) is 111 Å². The van der Waals surface area contributed by atoms with E-state index in [4.69, 9.17) is 9.47 Å². The molecule has 0 aliphatic rings. The van der Waals surface area contributed by atoms with E-state index in [-0.39, 0.29) is 32.2 Å². The minimum atomic E-state index is -3.77. The second kappa shape index (κ2) is 11.6. The summed E-state index contributed by atoms with van der Waals surface area (Å²) >= 11 is 0. The van der Waals surface area contributed by atoms with Crippen LogP contribution in [0.25, 0.3) is 0 Å². The molecule has 1 aromatic carbocycles. The molecule has 0 aromatic heterocycles. The summed E-state index contributed by atoms with van der Waals surface area (Å²) in [6.45, 7) is 5.42. The molecule has 0 bridgehead atoms. The predicted molar refractivity (Wildman–Crippen MR) is 101 cm³/mol. The van der Waals surface area contributed by atoms with Crippen LogP contribution in [0.3, 0.4) is 0 Å². The Morgan fingerprint density at radius 3 is 2.37 bits per heavy atom. The van der Waals surface area contributed by atoms with E-state index in [0.717, 1.165) is 5.56 Å². The maximum atomic E-state index is 12.4. The van der Waals surface area contributed by atoms with Crippen LogP contribution in [0.2, 0.25) is 0 Å². The zero-order valence-corrected chi connectivity index (χ0v) is 16.8. The van der Waals surface area contributed by atoms with Gasteiger partial charge in [-0.15, -0.1) is 0 Å². The third kappa shape index (κ3) is 8.87. The largest absolute Gasteiger partial charge is 0.465 e. The molecule has 152 valence electrons. The third-order valence-electron chi connectivity index (χ3n) is 3.54. The van der Waals surface area contributed by atoms with E-state index in [9.17, 15) is 18.0 Å². The van der Waals surface area contributed by atoms with E-state index in [1.165, 1.54) is 0 Å². The van der Waals surface area contributed by atoms with Gasteiger partial charge in [-0.3, -0.25) is 10.1 Å². The number of carbonyl (C=O) groups excluding carboxylic acids is 2. The normalized spacial score (nSPS) is 12.4. The summed E-state index contributed by atoms with van der Waals surface area (Å²) in [7, 11) is -3.77. The smallest absolute Gasteiger partial charge is 0.408 e. The molecule has 1 aromatic rings. The summed E-state index contributed by atoms with van der Waals surface area (Å²) < 4.78 is 34.8. The average Bonchev–Trinajstić information content (AvgIpc) is 2.62. The highest BCUT2D eigenvalue weighted by Crippen LogP contribution is 2.15. The molecule has 0 aliphatic heterocycles. The lowest BCUT2D eigenvalue weighted by atomic mass is 10.1. The zero-order valence-electron chi connectivity index (χ0n) is 15.9. The summed E-state index contributed by atoms with van der Waals surface area (Å²) in [6.07, 6.45) is -0.497. The van der Waals surface area contributed by atoms with Crippen LogP contribution >= 0.6 is 0 Å². The van der Waals surface area contributed by atoms with Crippen LogP contribution in [0, 0.1) is 5.92 Å². The Morgan fingerprint density at radius 2 is 1.78 bits per heavy atom. The Kier molecular flexibility index (Phi) is 9.81. The summed E-state index contributed by atoms with van der Waals surface area (Å²) in [5.74, 6) is -1.19. The van der Waals surface area contributed by atoms with Crippen LogP contribution < -0.4 is 10.6 Å². The number of ether oxygens (including phenoxy) is 2. The number of esters is 1. The summed E-state index contributed by atoms with van der Waals surface area (Å²) in [6, 6.07) is 9.17. The molecule has 9 heteroatoms. The van der Waals surface area contributed by atoms with Crippen LogP contribution in [-0.2, 0) is 30.7 Å². The molecule has 1 atom stereocenters. The molecule has 0 spiro atoms. The lowest BCUT2D eigenvalue weighted by Crippen LogP contribution is -2.42. The van der Waals surface area contributed by atoms with Gasteiger partial charge in [0.15, 0.2) is 15.1 Å². The molecule has 1 amide bonds. The highest BCUT2D eigenvalue weighted by molar-refractivity contribution is 7.92. The van der Waals surface area contributed by atoms with Gasteiger partial charge < -0.3 is 14.8 Å². The second-order valence-corrected chi connectivity index (χ2v) is 8.53. The number of hydrogen-bond donors (Lipinski definition) is 2. The number of benzene rings is 1. The minimum Gasteiger partial charge on any atom is -0.465 e. The monoisotopic (exact) mass is 400 g/mol. The van der Waals surface area contributed by atoms with Crippen LogP contribution in [-0.4, -0.2) is 44.9 Å². The van der Waals surface area contributed by atoms with E-state index in [1.807, 2.05) is 44.2 Å². The molecule has 0 saturated heterocycles. The van der Waals surface area contributed by atoms with Crippen molar-refractivity contribution < 1.29 is 27.5 Å². The Morgan fingerprint density at radius 1 is 1.11 bits per heavy atom. The first-order valence-corrected chi connectivity index (χ1v) is 10.5. The number of alkyl carbamates (subject to hydrolysis) is 1. The van der Waals surface area contributed by atoms with Crippen molar-refractivity contribution in [2.75, 3.05) is 19.2 Å². The molecule has 0 fully saturated rings. The number of rotatable bonds is 11. The van der Waals surface area contributed by atoms with Crippen molar-refractivity contribution in [2.45, 2.75) is 39.0 Å². The first-order valence-electron chi connectivity index (χ1n) is 8.79. The molecule has 0 radical (unpaired) electrons. The van der Waals surface area contributed by atoms with Gasteiger partial charge in [0.2, 0.25) is 0 Å². The molecule has 8 nitrogen and oxygen atoms in total. The first kappa shape index (κ1) is 22.9. The average molecular weight is 400 g/mol. The summed E-state index contributed by atoms with van der Waals surface area (Å²) in [5.41, 5.74) is 0.842. The molecule has 0 saturated carbocycles. The molecular weight excluding hydrogens is 372 g/mol. The molecular formula is C18H28N2O6S. The third-order valence-corrected chi connectivity index (χ3v) is 5.40. The lowest BCUT2D eigenvalue weighted by molar-refractivity contribution is -0.142. The van der Waals surface area contributed by atoms with Crippen molar-refractivity contribution in [1.82, 2.24) is 10.6 Å². The highest BCUT2D eigenvalue weighted by Gasteiger charge is 2.34. The Labute approximate surface area is 160 Å². The number of sulfone groups is 1. The van der Waals surface area contributed by atoms with Crippen molar-refractivity contribution >= 4 is 21.9 Å². The Balaban J connectivity index is 2.42. The van der Waals surface area contributed by atoms with Crippen molar-refractivity contribution in [3.8, 4) is 0 Å². The molecule has 0 aliphatic carbocycles. The fourth-order valence-corrected chi connectivity index (χ4v) is 3.88. The quantitative estimate of drug-likeness (QED) is 0.331. The van der Waals surface area contributed by atoms with Crippen molar-refractivity contribution in [3.63, 3.8) is 0 Å². The molecule has 27 heavy (non-hydrogen) atoms. The molecule has 1 rings (SSSR count). The van der Waals surface area contributed by atoms with E-state index >= 15 is 0 Å². The highest BCUT2D eigenvalue weighted by atomic mass is 32.2. The maximum Gasteiger partial charge on any atom is 0.408 e. The van der Waals surface area contributed by atoms with Gasteiger partial charge in [-0.05, 0) is 24.8 Å². The van der Waals surface area contributed by atoms with E-state index in [1.54, 1.807) is 6.92 Å². The van der Waals surface area contributed by atoms with E-state index in [0.29, 0.717) is 0 Å². The lowest BCUT2D eigenvalue weighted by Gasteiger charge is -2.18. The van der Waals surface area contributed by atoms with Gasteiger partial charge >= 0.3 is 12.1 Å². The van der Waals surface area contributed by atoms with Gasteiger partial charge in [0, 0.05) is 0 Å². The van der Waals surface area contributed by atoms with Gasteiger partial charge in [0.25, 0.3) is 0 Å². The minimum absolute atomic E-state index is 0.0141. The van der Waals surface area contributed by atoms with Crippen LogP contribution in [0.1, 0.15) is 32.8 Å². The van der Waals surface area contributed by atoms with E-state index in [2.05, 4.69) is 10.6 Å². The fourth-order valence-electron chi connectivity index (χ4n) is 2.26. The molecule has 0 heterocycles.